The Hall–Kier alpha value is -3.88. The minimum absolute atomic E-state index is 0.0961. The van der Waals surface area contributed by atoms with Crippen molar-refractivity contribution in [2.75, 3.05) is 19.0 Å². The van der Waals surface area contributed by atoms with Gasteiger partial charge in [-0.15, -0.1) is 0 Å². The van der Waals surface area contributed by atoms with Crippen molar-refractivity contribution >= 4 is 29.6 Å². The van der Waals surface area contributed by atoms with E-state index in [1.54, 1.807) is 30.3 Å². The molecule has 0 radical (unpaired) electrons. The van der Waals surface area contributed by atoms with Gasteiger partial charge in [-0.2, -0.15) is 5.10 Å². The van der Waals surface area contributed by atoms with Gasteiger partial charge < -0.3 is 20.1 Å². The van der Waals surface area contributed by atoms with Crippen molar-refractivity contribution in [2.45, 2.75) is 18.9 Å². The third-order valence-corrected chi connectivity index (χ3v) is 4.10. The summed E-state index contributed by atoms with van der Waals surface area (Å²) in [6.07, 6.45) is 3.16. The Morgan fingerprint density at radius 3 is 2.53 bits per heavy atom. The van der Waals surface area contributed by atoms with Crippen LogP contribution in [0.3, 0.4) is 0 Å². The summed E-state index contributed by atoms with van der Waals surface area (Å²) in [6, 6.07) is 14.1. The summed E-state index contributed by atoms with van der Waals surface area (Å²) < 4.78 is 10.8. The van der Waals surface area contributed by atoms with Crippen LogP contribution in [0.25, 0.3) is 0 Å². The first-order chi connectivity index (χ1) is 14.5. The summed E-state index contributed by atoms with van der Waals surface area (Å²) >= 11 is 0. The molecule has 156 valence electrons. The molecular formula is C21H22N4O5. The molecule has 1 aliphatic rings. The number of nitrogens with zero attached hydrogens (tertiary/aromatic N) is 1. The second-order valence-electron chi connectivity index (χ2n) is 6.56. The molecule has 0 atom stereocenters. The average molecular weight is 410 g/mol. The fourth-order valence-electron chi connectivity index (χ4n) is 2.44. The lowest BCUT2D eigenvalue weighted by molar-refractivity contribution is -0.139. The predicted molar refractivity (Wildman–Crippen MR) is 110 cm³/mol. The molecule has 9 nitrogen and oxygen atoms in total. The standard InChI is InChI=1S/C21H22N4O5/c1-29-18-11-14(12-22-25-21(28)20(27)24-16-8-9-16)7-10-17(18)30-13-19(26)23-15-5-3-2-4-6-15/h2-7,10-12,16H,8-9,13H2,1H3,(H,23,26)(H,24,27)(H,25,28)/b22-12-. The summed E-state index contributed by atoms with van der Waals surface area (Å²) in [6.45, 7) is -0.190. The number of ether oxygens (including phenoxy) is 2. The molecule has 0 bridgehead atoms. The van der Waals surface area contributed by atoms with Gasteiger partial charge >= 0.3 is 11.8 Å². The van der Waals surface area contributed by atoms with E-state index in [1.807, 2.05) is 18.2 Å². The van der Waals surface area contributed by atoms with Gasteiger partial charge in [0.25, 0.3) is 5.91 Å². The van der Waals surface area contributed by atoms with E-state index < -0.39 is 11.8 Å². The van der Waals surface area contributed by atoms with Crippen LogP contribution in [-0.2, 0) is 14.4 Å². The molecule has 3 N–H and O–H groups in total. The van der Waals surface area contributed by atoms with Crippen molar-refractivity contribution in [3.63, 3.8) is 0 Å². The summed E-state index contributed by atoms with van der Waals surface area (Å²) in [5.74, 6) is -1.06. The van der Waals surface area contributed by atoms with Crippen LogP contribution >= 0.6 is 0 Å². The lowest BCUT2D eigenvalue weighted by Gasteiger charge is -2.11. The Labute approximate surface area is 173 Å². The third-order valence-electron chi connectivity index (χ3n) is 4.10. The van der Waals surface area contributed by atoms with Gasteiger partial charge in [0.05, 0.1) is 13.3 Å². The average Bonchev–Trinajstić information content (AvgIpc) is 3.57. The number of anilines is 1. The Kier molecular flexibility index (Phi) is 6.99. The van der Waals surface area contributed by atoms with Gasteiger partial charge in [-0.25, -0.2) is 5.43 Å². The molecule has 1 fully saturated rings. The highest BCUT2D eigenvalue weighted by atomic mass is 16.5. The number of benzene rings is 2. The fraction of sp³-hybridized carbons (Fsp3) is 0.238. The van der Waals surface area contributed by atoms with E-state index in [2.05, 4.69) is 21.2 Å². The normalized spacial score (nSPS) is 12.8. The minimum Gasteiger partial charge on any atom is -0.493 e. The van der Waals surface area contributed by atoms with E-state index in [0.29, 0.717) is 22.7 Å². The number of hydrazone groups is 1. The van der Waals surface area contributed by atoms with Crippen LogP contribution in [0.5, 0.6) is 11.5 Å². The van der Waals surface area contributed by atoms with Crippen molar-refractivity contribution in [3.8, 4) is 11.5 Å². The number of para-hydroxylation sites is 1. The maximum atomic E-state index is 12.0. The number of amides is 3. The molecule has 0 aliphatic heterocycles. The van der Waals surface area contributed by atoms with Crippen LogP contribution in [0.2, 0.25) is 0 Å². The first-order valence-electron chi connectivity index (χ1n) is 9.35. The fourth-order valence-corrected chi connectivity index (χ4v) is 2.44. The summed E-state index contributed by atoms with van der Waals surface area (Å²) in [4.78, 5) is 35.2. The number of hydrogen-bond acceptors (Lipinski definition) is 6. The highest BCUT2D eigenvalue weighted by Crippen LogP contribution is 2.27. The summed E-state index contributed by atoms with van der Waals surface area (Å²) in [5.41, 5.74) is 3.46. The van der Waals surface area contributed by atoms with Crippen molar-refractivity contribution in [2.24, 2.45) is 5.10 Å². The van der Waals surface area contributed by atoms with Gasteiger partial charge in [-0.05, 0) is 48.7 Å². The number of carbonyl (C=O) groups is 3. The number of carbonyl (C=O) groups excluding carboxylic acids is 3. The third kappa shape index (κ3) is 6.33. The van der Waals surface area contributed by atoms with Crippen LogP contribution in [-0.4, -0.2) is 43.7 Å². The van der Waals surface area contributed by atoms with E-state index in [-0.39, 0.29) is 18.6 Å². The zero-order valence-electron chi connectivity index (χ0n) is 16.4. The molecule has 9 heteroatoms. The molecule has 0 spiro atoms. The number of hydrogen-bond donors (Lipinski definition) is 3. The second-order valence-corrected chi connectivity index (χ2v) is 6.56. The van der Waals surface area contributed by atoms with Gasteiger partial charge in [0, 0.05) is 11.7 Å². The predicted octanol–water partition coefficient (Wildman–Crippen LogP) is 1.44. The topological polar surface area (TPSA) is 118 Å². The lowest BCUT2D eigenvalue weighted by atomic mass is 10.2. The Balaban J connectivity index is 1.51. The molecule has 3 rings (SSSR count). The van der Waals surface area contributed by atoms with Gasteiger partial charge in [0.2, 0.25) is 0 Å². The first kappa shape index (κ1) is 20.8. The zero-order valence-corrected chi connectivity index (χ0v) is 16.4. The van der Waals surface area contributed by atoms with Crippen LogP contribution in [0, 0.1) is 0 Å². The zero-order chi connectivity index (χ0) is 21.3. The van der Waals surface area contributed by atoms with E-state index in [4.69, 9.17) is 9.47 Å². The first-order valence-corrected chi connectivity index (χ1v) is 9.35. The van der Waals surface area contributed by atoms with Gasteiger partial charge in [0.15, 0.2) is 18.1 Å². The molecule has 3 amide bonds. The monoisotopic (exact) mass is 410 g/mol. The number of methoxy groups -OCH3 is 1. The Morgan fingerprint density at radius 1 is 1.07 bits per heavy atom. The van der Waals surface area contributed by atoms with E-state index in [0.717, 1.165) is 12.8 Å². The molecule has 0 saturated heterocycles. The van der Waals surface area contributed by atoms with Crippen molar-refractivity contribution in [3.05, 3.63) is 54.1 Å². The second kappa shape index (κ2) is 10.1. The minimum atomic E-state index is -0.825. The Morgan fingerprint density at radius 2 is 1.83 bits per heavy atom. The van der Waals surface area contributed by atoms with E-state index >= 15 is 0 Å². The highest BCUT2D eigenvalue weighted by molar-refractivity contribution is 6.35. The van der Waals surface area contributed by atoms with Crippen LogP contribution in [0.1, 0.15) is 18.4 Å². The highest BCUT2D eigenvalue weighted by Gasteiger charge is 2.26. The molecule has 0 aromatic heterocycles. The molecule has 0 unspecified atom stereocenters. The quantitative estimate of drug-likeness (QED) is 0.346. The van der Waals surface area contributed by atoms with Crippen molar-refractivity contribution < 1.29 is 23.9 Å². The van der Waals surface area contributed by atoms with Crippen molar-refractivity contribution in [1.29, 1.82) is 0 Å². The molecule has 2 aromatic rings. The van der Waals surface area contributed by atoms with E-state index in [9.17, 15) is 14.4 Å². The number of nitrogens with one attached hydrogen (secondary N) is 3. The van der Waals surface area contributed by atoms with Crippen molar-refractivity contribution in [1.82, 2.24) is 10.7 Å². The maximum absolute atomic E-state index is 12.0. The molecule has 1 aliphatic carbocycles. The largest absolute Gasteiger partial charge is 0.493 e. The molecule has 0 heterocycles. The van der Waals surface area contributed by atoms with Gasteiger partial charge in [0.1, 0.15) is 0 Å². The van der Waals surface area contributed by atoms with Crippen LogP contribution < -0.4 is 25.5 Å². The van der Waals surface area contributed by atoms with E-state index in [1.165, 1.54) is 13.3 Å². The molecule has 1 saturated carbocycles. The smallest absolute Gasteiger partial charge is 0.329 e. The lowest BCUT2D eigenvalue weighted by Crippen LogP contribution is -2.38. The SMILES string of the molecule is COc1cc(/C=N\NC(=O)C(=O)NC2CC2)ccc1OCC(=O)Nc1ccccc1. The maximum Gasteiger partial charge on any atom is 0.329 e. The molecular weight excluding hydrogens is 388 g/mol. The van der Waals surface area contributed by atoms with Gasteiger partial charge in [-0.1, -0.05) is 18.2 Å². The Bertz CT molecular complexity index is 942. The summed E-state index contributed by atoms with van der Waals surface area (Å²) in [7, 11) is 1.47. The molecule has 2 aromatic carbocycles. The summed E-state index contributed by atoms with van der Waals surface area (Å²) in [5, 5.41) is 9.07. The molecule has 30 heavy (non-hydrogen) atoms. The number of rotatable bonds is 8. The van der Waals surface area contributed by atoms with Crippen LogP contribution in [0.4, 0.5) is 5.69 Å². The van der Waals surface area contributed by atoms with Crippen LogP contribution in [0.15, 0.2) is 53.6 Å². The van der Waals surface area contributed by atoms with Gasteiger partial charge in [-0.3, -0.25) is 14.4 Å².